The van der Waals surface area contributed by atoms with E-state index in [9.17, 15) is 23.1 Å². The maximum Gasteiger partial charge on any atom is 0.391 e. The van der Waals surface area contributed by atoms with Crippen molar-refractivity contribution >= 4 is 5.91 Å². The standard InChI is InChI=1S/C14H24F3NO2/c1-3-13(4-2,9-19)18-12(20)10-6-5-7-11(8-10)14(15,16)17/h10-11,19H,3-9H2,1-2H3,(H,18,20). The second-order valence-electron chi connectivity index (χ2n) is 5.74. The Labute approximate surface area is 117 Å². The van der Waals surface area contributed by atoms with E-state index < -0.39 is 23.6 Å². The summed E-state index contributed by atoms with van der Waals surface area (Å²) in [6, 6.07) is 0. The van der Waals surface area contributed by atoms with Gasteiger partial charge < -0.3 is 10.4 Å². The molecule has 20 heavy (non-hydrogen) atoms. The molecule has 1 aliphatic rings. The summed E-state index contributed by atoms with van der Waals surface area (Å²) >= 11 is 0. The van der Waals surface area contributed by atoms with Crippen LogP contribution in [0.2, 0.25) is 0 Å². The van der Waals surface area contributed by atoms with E-state index in [-0.39, 0.29) is 25.4 Å². The zero-order chi connectivity index (χ0) is 15.4. The molecule has 0 radical (unpaired) electrons. The third kappa shape index (κ3) is 4.11. The van der Waals surface area contributed by atoms with Crippen LogP contribution >= 0.6 is 0 Å². The molecule has 2 unspecified atom stereocenters. The quantitative estimate of drug-likeness (QED) is 0.819. The van der Waals surface area contributed by atoms with Crippen LogP contribution in [0.1, 0.15) is 52.4 Å². The van der Waals surface area contributed by atoms with Crippen molar-refractivity contribution in [1.29, 1.82) is 0 Å². The number of carbonyl (C=O) groups is 1. The Morgan fingerprint density at radius 1 is 1.25 bits per heavy atom. The highest BCUT2D eigenvalue weighted by atomic mass is 19.4. The molecule has 0 saturated heterocycles. The normalized spacial score (nSPS) is 24.5. The van der Waals surface area contributed by atoms with E-state index in [0.29, 0.717) is 25.7 Å². The number of carbonyl (C=O) groups excluding carboxylic acids is 1. The third-order valence-electron chi connectivity index (χ3n) is 4.55. The van der Waals surface area contributed by atoms with E-state index in [4.69, 9.17) is 0 Å². The molecule has 1 aliphatic carbocycles. The van der Waals surface area contributed by atoms with Crippen molar-refractivity contribution in [3.8, 4) is 0 Å². The lowest BCUT2D eigenvalue weighted by Gasteiger charge is -2.35. The molecule has 3 nitrogen and oxygen atoms in total. The molecule has 1 rings (SSSR count). The van der Waals surface area contributed by atoms with Crippen LogP contribution < -0.4 is 5.32 Å². The molecule has 0 heterocycles. The van der Waals surface area contributed by atoms with Crippen molar-refractivity contribution < 1.29 is 23.1 Å². The number of rotatable bonds is 5. The Morgan fingerprint density at radius 2 is 1.85 bits per heavy atom. The molecule has 6 heteroatoms. The van der Waals surface area contributed by atoms with Crippen LogP contribution in [0.25, 0.3) is 0 Å². The topological polar surface area (TPSA) is 49.3 Å². The predicted octanol–water partition coefficient (Wildman–Crippen LogP) is 3.02. The van der Waals surface area contributed by atoms with Crippen LogP contribution in [0.15, 0.2) is 0 Å². The lowest BCUT2D eigenvalue weighted by molar-refractivity contribution is -0.186. The molecule has 1 amide bonds. The van der Waals surface area contributed by atoms with Crippen LogP contribution in [-0.4, -0.2) is 29.3 Å². The average molecular weight is 295 g/mol. The monoisotopic (exact) mass is 295 g/mol. The summed E-state index contributed by atoms with van der Waals surface area (Å²) in [5.41, 5.74) is -0.706. The molecule has 0 spiro atoms. The number of hydrogen-bond acceptors (Lipinski definition) is 2. The van der Waals surface area contributed by atoms with Gasteiger partial charge in [0.05, 0.1) is 18.1 Å². The van der Waals surface area contributed by atoms with Gasteiger partial charge in [-0.25, -0.2) is 0 Å². The first-order chi connectivity index (χ1) is 9.28. The summed E-state index contributed by atoms with van der Waals surface area (Å²) in [6.07, 6.45) is -2.21. The molecule has 0 bridgehead atoms. The fraction of sp³-hybridized carbons (Fsp3) is 0.929. The van der Waals surface area contributed by atoms with E-state index in [1.807, 2.05) is 13.8 Å². The Morgan fingerprint density at radius 3 is 2.30 bits per heavy atom. The smallest absolute Gasteiger partial charge is 0.391 e. The highest BCUT2D eigenvalue weighted by molar-refractivity contribution is 5.79. The maximum atomic E-state index is 12.7. The number of halogens is 3. The molecule has 2 N–H and O–H groups in total. The summed E-state index contributed by atoms with van der Waals surface area (Å²) in [4.78, 5) is 12.2. The van der Waals surface area contributed by atoms with Gasteiger partial charge in [0.15, 0.2) is 0 Å². The number of alkyl halides is 3. The van der Waals surface area contributed by atoms with Crippen molar-refractivity contribution in [1.82, 2.24) is 5.32 Å². The molecule has 1 saturated carbocycles. The van der Waals surface area contributed by atoms with E-state index in [1.54, 1.807) is 0 Å². The van der Waals surface area contributed by atoms with Crippen LogP contribution in [0, 0.1) is 11.8 Å². The van der Waals surface area contributed by atoms with Gasteiger partial charge in [-0.3, -0.25) is 4.79 Å². The number of aliphatic hydroxyl groups is 1. The van der Waals surface area contributed by atoms with Gasteiger partial charge in [0.1, 0.15) is 0 Å². The van der Waals surface area contributed by atoms with Crippen LogP contribution in [0.5, 0.6) is 0 Å². The summed E-state index contributed by atoms with van der Waals surface area (Å²) in [6.45, 7) is 3.50. The van der Waals surface area contributed by atoms with Crippen molar-refractivity contribution in [3.63, 3.8) is 0 Å². The van der Waals surface area contributed by atoms with Gasteiger partial charge in [-0.15, -0.1) is 0 Å². The number of nitrogens with one attached hydrogen (secondary N) is 1. The Kier molecular flexibility index (Phi) is 5.86. The minimum atomic E-state index is -4.22. The maximum absolute atomic E-state index is 12.7. The largest absolute Gasteiger partial charge is 0.394 e. The second-order valence-corrected chi connectivity index (χ2v) is 5.74. The van der Waals surface area contributed by atoms with Gasteiger partial charge in [0.25, 0.3) is 0 Å². The molecule has 0 aromatic carbocycles. The van der Waals surface area contributed by atoms with Gasteiger partial charge in [-0.05, 0) is 32.1 Å². The SMILES string of the molecule is CCC(CC)(CO)NC(=O)C1CCCC(C(F)(F)F)C1. The fourth-order valence-corrected chi connectivity index (χ4v) is 2.78. The number of aliphatic hydroxyl groups excluding tert-OH is 1. The predicted molar refractivity (Wildman–Crippen MR) is 70.0 cm³/mol. The lowest BCUT2D eigenvalue weighted by Crippen LogP contribution is -2.53. The number of amides is 1. The van der Waals surface area contributed by atoms with E-state index in [1.165, 1.54) is 0 Å². The highest BCUT2D eigenvalue weighted by Gasteiger charge is 2.44. The second kappa shape index (κ2) is 6.78. The number of hydrogen-bond donors (Lipinski definition) is 2. The zero-order valence-electron chi connectivity index (χ0n) is 12.1. The molecule has 2 atom stereocenters. The highest BCUT2D eigenvalue weighted by Crippen LogP contribution is 2.40. The summed E-state index contributed by atoms with van der Waals surface area (Å²) in [7, 11) is 0. The molecular weight excluding hydrogens is 271 g/mol. The third-order valence-corrected chi connectivity index (χ3v) is 4.55. The van der Waals surface area contributed by atoms with Crippen molar-refractivity contribution in [2.45, 2.75) is 64.1 Å². The van der Waals surface area contributed by atoms with E-state index in [2.05, 4.69) is 5.32 Å². The van der Waals surface area contributed by atoms with Crippen molar-refractivity contribution in [3.05, 3.63) is 0 Å². The van der Waals surface area contributed by atoms with Gasteiger partial charge in [0.2, 0.25) is 5.91 Å². The molecule has 1 fully saturated rings. The Bertz CT molecular complexity index is 319. The average Bonchev–Trinajstić information content (AvgIpc) is 2.44. The Balaban J connectivity index is 2.68. The van der Waals surface area contributed by atoms with Crippen molar-refractivity contribution in [2.24, 2.45) is 11.8 Å². The molecular formula is C14H24F3NO2. The van der Waals surface area contributed by atoms with Crippen LogP contribution in [-0.2, 0) is 4.79 Å². The molecule has 0 aliphatic heterocycles. The van der Waals surface area contributed by atoms with Gasteiger partial charge in [-0.1, -0.05) is 20.3 Å². The lowest BCUT2D eigenvalue weighted by atomic mass is 9.80. The Hall–Kier alpha value is -0.780. The summed E-state index contributed by atoms with van der Waals surface area (Å²) < 4.78 is 38.2. The zero-order valence-corrected chi connectivity index (χ0v) is 12.1. The summed E-state index contributed by atoms with van der Waals surface area (Å²) in [5, 5.41) is 12.2. The van der Waals surface area contributed by atoms with Crippen LogP contribution in [0.3, 0.4) is 0 Å². The van der Waals surface area contributed by atoms with Gasteiger partial charge in [-0.2, -0.15) is 13.2 Å². The van der Waals surface area contributed by atoms with Crippen molar-refractivity contribution in [2.75, 3.05) is 6.61 Å². The molecule has 118 valence electrons. The van der Waals surface area contributed by atoms with E-state index in [0.717, 1.165) is 0 Å². The van der Waals surface area contributed by atoms with E-state index >= 15 is 0 Å². The minimum absolute atomic E-state index is 0.111. The first-order valence-electron chi connectivity index (χ1n) is 7.27. The minimum Gasteiger partial charge on any atom is -0.394 e. The first kappa shape index (κ1) is 17.3. The fourth-order valence-electron chi connectivity index (χ4n) is 2.78. The summed E-state index contributed by atoms with van der Waals surface area (Å²) in [5.74, 6) is -2.32. The van der Waals surface area contributed by atoms with Gasteiger partial charge >= 0.3 is 6.18 Å². The van der Waals surface area contributed by atoms with Crippen LogP contribution in [0.4, 0.5) is 13.2 Å². The van der Waals surface area contributed by atoms with Gasteiger partial charge in [0, 0.05) is 5.92 Å². The first-order valence-corrected chi connectivity index (χ1v) is 7.27. The molecule has 0 aromatic rings. The molecule has 0 aromatic heterocycles.